The van der Waals surface area contributed by atoms with E-state index >= 15 is 0 Å². The highest BCUT2D eigenvalue weighted by Crippen LogP contribution is 2.41. The van der Waals surface area contributed by atoms with Gasteiger partial charge < -0.3 is 0 Å². The van der Waals surface area contributed by atoms with Crippen LogP contribution in [0.15, 0.2) is 0 Å². The van der Waals surface area contributed by atoms with E-state index < -0.39 is 0 Å². The molecule has 0 nitrogen and oxygen atoms in total. The molecule has 0 heterocycles. The van der Waals surface area contributed by atoms with Crippen LogP contribution < -0.4 is 0 Å². The van der Waals surface area contributed by atoms with E-state index in [0.717, 1.165) is 23.7 Å². The average molecular weight is 281 g/mol. The molecule has 2 atom stereocenters. The van der Waals surface area contributed by atoms with Crippen molar-refractivity contribution < 1.29 is 0 Å². The lowest BCUT2D eigenvalue weighted by atomic mass is 9.82. The second-order valence-corrected chi connectivity index (χ2v) is 7.82. The maximum atomic E-state index is 2.50. The van der Waals surface area contributed by atoms with Gasteiger partial charge in [0.1, 0.15) is 0 Å². The van der Waals surface area contributed by atoms with Crippen molar-refractivity contribution in [3.8, 4) is 0 Å². The van der Waals surface area contributed by atoms with E-state index in [4.69, 9.17) is 0 Å². The standard InChI is InChI=1S/C20H40/c1-5-6-7-8-9-10-11-12-13-20(17(2)3)16-18(4)19-14-15-19/h17-20H,5-16H2,1-4H3. The van der Waals surface area contributed by atoms with Gasteiger partial charge in [0.05, 0.1) is 0 Å². The first-order valence-corrected chi connectivity index (χ1v) is 9.65. The number of unbranched alkanes of at least 4 members (excludes halogenated alkanes) is 7. The fraction of sp³-hybridized carbons (Fsp3) is 1.00. The fourth-order valence-electron chi connectivity index (χ4n) is 3.60. The van der Waals surface area contributed by atoms with Gasteiger partial charge >= 0.3 is 0 Å². The van der Waals surface area contributed by atoms with E-state index in [0.29, 0.717) is 0 Å². The van der Waals surface area contributed by atoms with Crippen molar-refractivity contribution in [1.29, 1.82) is 0 Å². The molecular weight excluding hydrogens is 240 g/mol. The minimum absolute atomic E-state index is 0.890. The van der Waals surface area contributed by atoms with Crippen LogP contribution in [0, 0.1) is 23.7 Å². The molecule has 0 saturated heterocycles. The molecule has 1 fully saturated rings. The summed E-state index contributed by atoms with van der Waals surface area (Å²) in [5, 5.41) is 0. The summed E-state index contributed by atoms with van der Waals surface area (Å²) in [6.45, 7) is 9.68. The van der Waals surface area contributed by atoms with Crippen molar-refractivity contribution in [2.24, 2.45) is 23.7 Å². The lowest BCUT2D eigenvalue weighted by Gasteiger charge is -2.24. The molecule has 0 aromatic carbocycles. The second-order valence-electron chi connectivity index (χ2n) is 7.82. The largest absolute Gasteiger partial charge is 0.0654 e. The van der Waals surface area contributed by atoms with Crippen LogP contribution in [0.4, 0.5) is 0 Å². The smallest absolute Gasteiger partial charge is 0.0388 e. The normalized spacial score (nSPS) is 18.4. The summed E-state index contributed by atoms with van der Waals surface area (Å²) < 4.78 is 0. The summed E-state index contributed by atoms with van der Waals surface area (Å²) in [7, 11) is 0. The van der Waals surface area contributed by atoms with Crippen molar-refractivity contribution in [1.82, 2.24) is 0 Å². The van der Waals surface area contributed by atoms with Crippen LogP contribution in [0.2, 0.25) is 0 Å². The Kier molecular flexibility index (Phi) is 9.65. The summed E-state index contributed by atoms with van der Waals surface area (Å²) in [5.74, 6) is 3.97. The number of hydrogen-bond acceptors (Lipinski definition) is 0. The summed E-state index contributed by atoms with van der Waals surface area (Å²) in [4.78, 5) is 0. The molecule has 0 aliphatic heterocycles. The van der Waals surface area contributed by atoms with Crippen LogP contribution in [0.1, 0.15) is 105 Å². The van der Waals surface area contributed by atoms with Gasteiger partial charge in [0.2, 0.25) is 0 Å². The van der Waals surface area contributed by atoms with E-state index in [1.54, 1.807) is 0 Å². The predicted octanol–water partition coefficient (Wildman–Crippen LogP) is 7.23. The molecule has 0 aromatic heterocycles. The fourth-order valence-corrected chi connectivity index (χ4v) is 3.60. The van der Waals surface area contributed by atoms with Crippen LogP contribution >= 0.6 is 0 Å². The molecule has 120 valence electrons. The van der Waals surface area contributed by atoms with Crippen LogP contribution in [0.25, 0.3) is 0 Å². The zero-order valence-corrected chi connectivity index (χ0v) is 14.8. The molecule has 2 unspecified atom stereocenters. The molecular formula is C20H40. The van der Waals surface area contributed by atoms with Crippen molar-refractivity contribution in [2.45, 2.75) is 105 Å². The Morgan fingerprint density at radius 3 is 1.85 bits per heavy atom. The summed E-state index contributed by atoms with van der Waals surface area (Å²) in [6.07, 6.45) is 17.7. The van der Waals surface area contributed by atoms with Crippen molar-refractivity contribution in [2.75, 3.05) is 0 Å². The Balaban J connectivity index is 2.01. The highest BCUT2D eigenvalue weighted by atomic mass is 14.4. The van der Waals surface area contributed by atoms with Gasteiger partial charge in [-0.25, -0.2) is 0 Å². The Morgan fingerprint density at radius 1 is 0.800 bits per heavy atom. The zero-order valence-electron chi connectivity index (χ0n) is 14.8. The van der Waals surface area contributed by atoms with Crippen LogP contribution in [-0.4, -0.2) is 0 Å². The van der Waals surface area contributed by atoms with Crippen LogP contribution in [0.5, 0.6) is 0 Å². The quantitative estimate of drug-likeness (QED) is 0.312. The van der Waals surface area contributed by atoms with Gasteiger partial charge in [0.25, 0.3) is 0 Å². The first kappa shape index (κ1) is 18.1. The van der Waals surface area contributed by atoms with Crippen molar-refractivity contribution >= 4 is 0 Å². The Hall–Kier alpha value is 0. The SMILES string of the molecule is CCCCCCCCCCC(CC(C)C1CC1)C(C)C. The first-order chi connectivity index (χ1) is 9.65. The molecule has 1 aliphatic carbocycles. The molecule has 0 bridgehead atoms. The van der Waals surface area contributed by atoms with E-state index in [9.17, 15) is 0 Å². The van der Waals surface area contributed by atoms with Crippen LogP contribution in [0.3, 0.4) is 0 Å². The summed E-state index contributed by atoms with van der Waals surface area (Å²) in [5.41, 5.74) is 0. The van der Waals surface area contributed by atoms with Gasteiger partial charge in [-0.15, -0.1) is 0 Å². The Bertz CT molecular complexity index is 214. The third-order valence-corrected chi connectivity index (χ3v) is 5.47. The van der Waals surface area contributed by atoms with E-state index in [-0.39, 0.29) is 0 Å². The molecule has 0 heteroatoms. The lowest BCUT2D eigenvalue weighted by Crippen LogP contribution is -2.14. The van der Waals surface area contributed by atoms with Crippen molar-refractivity contribution in [3.63, 3.8) is 0 Å². The molecule has 1 aliphatic rings. The molecule has 0 radical (unpaired) electrons. The monoisotopic (exact) mass is 280 g/mol. The number of hydrogen-bond donors (Lipinski definition) is 0. The van der Waals surface area contributed by atoms with Crippen molar-refractivity contribution in [3.05, 3.63) is 0 Å². The summed E-state index contributed by atoms with van der Waals surface area (Å²) in [6, 6.07) is 0. The topological polar surface area (TPSA) is 0 Å². The van der Waals surface area contributed by atoms with E-state index in [1.807, 2.05) is 0 Å². The molecule has 1 rings (SSSR count). The molecule has 0 aromatic rings. The van der Waals surface area contributed by atoms with Gasteiger partial charge in [0.15, 0.2) is 0 Å². The van der Waals surface area contributed by atoms with Gasteiger partial charge in [-0.3, -0.25) is 0 Å². The number of rotatable bonds is 13. The van der Waals surface area contributed by atoms with E-state index in [1.165, 1.54) is 77.0 Å². The summed E-state index contributed by atoms with van der Waals surface area (Å²) >= 11 is 0. The minimum Gasteiger partial charge on any atom is -0.0654 e. The van der Waals surface area contributed by atoms with E-state index in [2.05, 4.69) is 27.7 Å². The molecule has 0 spiro atoms. The first-order valence-electron chi connectivity index (χ1n) is 9.65. The predicted molar refractivity (Wildman–Crippen MR) is 92.1 cm³/mol. The van der Waals surface area contributed by atoms with Gasteiger partial charge in [-0.1, -0.05) is 85.5 Å². The molecule has 1 saturated carbocycles. The average Bonchev–Trinajstić information content (AvgIpc) is 3.24. The maximum absolute atomic E-state index is 2.50. The lowest BCUT2D eigenvalue weighted by molar-refractivity contribution is 0.267. The molecule has 20 heavy (non-hydrogen) atoms. The molecule has 0 amide bonds. The highest BCUT2D eigenvalue weighted by Gasteiger charge is 2.30. The Morgan fingerprint density at radius 2 is 1.35 bits per heavy atom. The van der Waals surface area contributed by atoms with Gasteiger partial charge in [-0.2, -0.15) is 0 Å². The highest BCUT2D eigenvalue weighted by molar-refractivity contribution is 4.81. The molecule has 0 N–H and O–H groups in total. The zero-order chi connectivity index (χ0) is 14.8. The van der Waals surface area contributed by atoms with Gasteiger partial charge in [-0.05, 0) is 42.9 Å². The third kappa shape index (κ3) is 8.32. The minimum atomic E-state index is 0.890. The third-order valence-electron chi connectivity index (χ3n) is 5.47. The maximum Gasteiger partial charge on any atom is -0.0388 e. The van der Waals surface area contributed by atoms with Gasteiger partial charge in [0, 0.05) is 0 Å². The van der Waals surface area contributed by atoms with Crippen LogP contribution in [-0.2, 0) is 0 Å². The second kappa shape index (κ2) is 10.7. The Labute approximate surface area is 129 Å².